The smallest absolute Gasteiger partial charge is 0.321 e. The van der Waals surface area contributed by atoms with Crippen molar-refractivity contribution in [2.24, 2.45) is 5.14 Å². The Labute approximate surface area is 169 Å². The number of hydrogen-bond donors (Lipinski definition) is 2. The van der Waals surface area contributed by atoms with Crippen molar-refractivity contribution < 1.29 is 13.2 Å². The summed E-state index contributed by atoms with van der Waals surface area (Å²) in [4.78, 5) is 14.4. The minimum Gasteiger partial charge on any atom is -0.324 e. The van der Waals surface area contributed by atoms with Gasteiger partial charge in [-0.25, -0.2) is 9.93 Å². The normalized spacial score (nSPS) is 18.2. The van der Waals surface area contributed by atoms with Crippen LogP contribution in [-0.4, -0.2) is 39.0 Å². The number of rotatable bonds is 2. The van der Waals surface area contributed by atoms with E-state index >= 15 is 0 Å². The molecule has 9 heteroatoms. The minimum atomic E-state index is -3.84. The molecule has 0 aromatic heterocycles. The molecule has 0 aliphatic carbocycles. The van der Waals surface area contributed by atoms with Gasteiger partial charge in [-0.1, -0.05) is 41.9 Å². The Balaban J connectivity index is 1.51. The third-order valence-corrected chi connectivity index (χ3v) is 6.89. The van der Waals surface area contributed by atoms with E-state index in [-0.39, 0.29) is 11.4 Å². The lowest BCUT2D eigenvalue weighted by atomic mass is 9.74. The Morgan fingerprint density at radius 2 is 1.71 bits per heavy atom. The van der Waals surface area contributed by atoms with E-state index in [0.29, 0.717) is 48.9 Å². The zero-order chi connectivity index (χ0) is 19.9. The molecule has 1 saturated heterocycles. The van der Waals surface area contributed by atoms with Gasteiger partial charge in [0, 0.05) is 25.0 Å². The first-order chi connectivity index (χ1) is 13.3. The van der Waals surface area contributed by atoms with E-state index in [9.17, 15) is 13.2 Å². The number of nitrogens with one attached hydrogen (secondary N) is 1. The highest BCUT2D eigenvalue weighted by atomic mass is 35.5. The molecule has 0 unspecified atom stereocenters. The van der Waals surface area contributed by atoms with Crippen LogP contribution in [0.5, 0.6) is 0 Å². The number of nitrogens with zero attached hydrogens (tertiary/aromatic N) is 2. The van der Waals surface area contributed by atoms with Crippen LogP contribution < -0.4 is 14.8 Å². The molecule has 2 aromatic rings. The third kappa shape index (κ3) is 3.32. The first kappa shape index (κ1) is 19.0. The van der Waals surface area contributed by atoms with Gasteiger partial charge < -0.3 is 10.2 Å². The lowest BCUT2D eigenvalue weighted by Crippen LogP contribution is -2.49. The number of nitrogens with two attached hydrogens (primary N) is 1. The molecule has 1 fully saturated rings. The molecule has 0 bridgehead atoms. The Bertz CT molecular complexity index is 1020. The first-order valence-corrected chi connectivity index (χ1v) is 10.9. The van der Waals surface area contributed by atoms with Crippen LogP contribution in [0, 0.1) is 0 Å². The van der Waals surface area contributed by atoms with Gasteiger partial charge in [-0.3, -0.25) is 4.31 Å². The highest BCUT2D eigenvalue weighted by Gasteiger charge is 2.47. The van der Waals surface area contributed by atoms with Crippen molar-refractivity contribution in [1.29, 1.82) is 0 Å². The summed E-state index contributed by atoms with van der Waals surface area (Å²) in [6.45, 7) is 1.34. The summed E-state index contributed by atoms with van der Waals surface area (Å²) in [5.74, 6) is 0. The molecular weight excluding hydrogens is 400 g/mol. The summed E-state index contributed by atoms with van der Waals surface area (Å²) in [6, 6.07) is 14.3. The second-order valence-electron chi connectivity index (χ2n) is 7.25. The molecule has 2 aliphatic rings. The molecule has 2 aromatic carbocycles. The van der Waals surface area contributed by atoms with Gasteiger partial charge in [0.05, 0.1) is 16.4 Å². The molecule has 2 heterocycles. The molecular formula is C19H21ClN4O3S. The van der Waals surface area contributed by atoms with E-state index in [1.54, 1.807) is 29.2 Å². The average molecular weight is 421 g/mol. The van der Waals surface area contributed by atoms with Crippen LogP contribution in [0.3, 0.4) is 0 Å². The van der Waals surface area contributed by atoms with Gasteiger partial charge in [-0.2, -0.15) is 8.42 Å². The number of para-hydroxylation sites is 2. The number of halogens is 1. The standard InChI is InChI=1S/C19H21ClN4O3S/c20-15-6-2-3-7-16(15)22-18(25)23-11-9-19(10-12-23)13-24(28(21,26)27)17-8-4-1-5-14(17)19/h1-8H,9-13H2,(H,22,25)(H2,21,26,27). The van der Waals surface area contributed by atoms with Gasteiger partial charge in [0.2, 0.25) is 0 Å². The summed E-state index contributed by atoms with van der Waals surface area (Å²) < 4.78 is 25.4. The van der Waals surface area contributed by atoms with Crippen LogP contribution in [0.25, 0.3) is 0 Å². The number of piperidine rings is 1. The maximum atomic E-state index is 12.6. The second-order valence-corrected chi connectivity index (χ2v) is 9.12. The molecule has 4 rings (SSSR count). The van der Waals surface area contributed by atoms with Crippen LogP contribution in [0.4, 0.5) is 16.2 Å². The van der Waals surface area contributed by atoms with Crippen molar-refractivity contribution in [2.45, 2.75) is 18.3 Å². The van der Waals surface area contributed by atoms with E-state index in [1.165, 1.54) is 4.31 Å². The fourth-order valence-corrected chi connectivity index (χ4v) is 5.18. The van der Waals surface area contributed by atoms with Crippen molar-refractivity contribution in [3.8, 4) is 0 Å². The number of hydrogen-bond acceptors (Lipinski definition) is 3. The molecule has 0 saturated carbocycles. The van der Waals surface area contributed by atoms with Crippen molar-refractivity contribution in [1.82, 2.24) is 4.90 Å². The fourth-order valence-electron chi connectivity index (χ4n) is 4.13. The molecule has 3 N–H and O–H groups in total. The molecule has 2 aliphatic heterocycles. The summed E-state index contributed by atoms with van der Waals surface area (Å²) in [5.41, 5.74) is 1.86. The fraction of sp³-hybridized carbons (Fsp3) is 0.316. The largest absolute Gasteiger partial charge is 0.324 e. The van der Waals surface area contributed by atoms with Gasteiger partial charge >= 0.3 is 6.03 Å². The Kier molecular flexibility index (Phi) is 4.73. The summed E-state index contributed by atoms with van der Waals surface area (Å²) in [7, 11) is -3.84. The van der Waals surface area contributed by atoms with Gasteiger partial charge in [0.1, 0.15) is 0 Å². The monoisotopic (exact) mass is 420 g/mol. The van der Waals surface area contributed by atoms with Gasteiger partial charge in [-0.15, -0.1) is 0 Å². The van der Waals surface area contributed by atoms with Crippen molar-refractivity contribution in [3.63, 3.8) is 0 Å². The Morgan fingerprint density at radius 1 is 1.07 bits per heavy atom. The van der Waals surface area contributed by atoms with E-state index in [2.05, 4.69) is 5.32 Å². The van der Waals surface area contributed by atoms with Crippen LogP contribution >= 0.6 is 11.6 Å². The zero-order valence-electron chi connectivity index (χ0n) is 15.1. The van der Waals surface area contributed by atoms with E-state index in [0.717, 1.165) is 5.56 Å². The molecule has 2 amide bonds. The molecule has 28 heavy (non-hydrogen) atoms. The van der Waals surface area contributed by atoms with E-state index < -0.39 is 10.2 Å². The number of likely N-dealkylation sites (tertiary alicyclic amines) is 1. The molecule has 0 radical (unpaired) electrons. The van der Waals surface area contributed by atoms with Crippen molar-refractivity contribution >= 4 is 39.2 Å². The van der Waals surface area contributed by atoms with Crippen molar-refractivity contribution in [2.75, 3.05) is 29.3 Å². The zero-order valence-corrected chi connectivity index (χ0v) is 16.7. The number of fused-ring (bicyclic) bond motifs is 2. The van der Waals surface area contributed by atoms with Gasteiger partial charge in [0.15, 0.2) is 0 Å². The minimum absolute atomic E-state index is 0.211. The van der Waals surface area contributed by atoms with Crippen LogP contribution in [0.1, 0.15) is 18.4 Å². The van der Waals surface area contributed by atoms with Crippen LogP contribution in [0.2, 0.25) is 5.02 Å². The van der Waals surface area contributed by atoms with Gasteiger partial charge in [-0.05, 0) is 36.6 Å². The summed E-state index contributed by atoms with van der Waals surface area (Å²) in [5, 5.41) is 8.76. The van der Waals surface area contributed by atoms with Crippen molar-refractivity contribution in [3.05, 3.63) is 59.1 Å². The SMILES string of the molecule is NS(=O)(=O)N1CC2(CCN(C(=O)Nc3ccccc3Cl)CC2)c2ccccc21. The maximum absolute atomic E-state index is 12.6. The van der Waals surface area contributed by atoms with E-state index in [4.69, 9.17) is 16.7 Å². The highest BCUT2D eigenvalue weighted by Crippen LogP contribution is 2.47. The number of urea groups is 1. The Hall–Kier alpha value is -2.29. The third-order valence-electron chi connectivity index (χ3n) is 5.62. The Morgan fingerprint density at radius 3 is 2.39 bits per heavy atom. The topological polar surface area (TPSA) is 95.7 Å². The summed E-state index contributed by atoms with van der Waals surface area (Å²) >= 11 is 6.11. The lowest BCUT2D eigenvalue weighted by molar-refractivity contribution is 0.173. The number of anilines is 2. The number of carbonyl (C=O) groups excluding carboxylic acids is 1. The quantitative estimate of drug-likeness (QED) is 0.781. The number of benzene rings is 2. The predicted octanol–water partition coefficient (Wildman–Crippen LogP) is 2.93. The highest BCUT2D eigenvalue weighted by molar-refractivity contribution is 7.90. The van der Waals surface area contributed by atoms with Crippen LogP contribution in [-0.2, 0) is 15.6 Å². The molecule has 1 spiro atoms. The van der Waals surface area contributed by atoms with Gasteiger partial charge in [0.25, 0.3) is 10.2 Å². The van der Waals surface area contributed by atoms with Crippen LogP contribution in [0.15, 0.2) is 48.5 Å². The molecule has 7 nitrogen and oxygen atoms in total. The molecule has 0 atom stereocenters. The second kappa shape index (κ2) is 6.95. The lowest BCUT2D eigenvalue weighted by Gasteiger charge is -2.39. The maximum Gasteiger partial charge on any atom is 0.321 e. The summed E-state index contributed by atoms with van der Waals surface area (Å²) in [6.07, 6.45) is 1.32. The van der Waals surface area contributed by atoms with E-state index in [1.807, 2.05) is 24.3 Å². The predicted molar refractivity (Wildman–Crippen MR) is 110 cm³/mol. The number of carbonyl (C=O) groups is 1. The molecule has 148 valence electrons. The first-order valence-electron chi connectivity index (χ1n) is 9.01. The average Bonchev–Trinajstić information content (AvgIpc) is 2.99. The number of amides is 2.